The van der Waals surface area contributed by atoms with Crippen molar-refractivity contribution >= 4 is 17.5 Å². The second kappa shape index (κ2) is 8.17. The Morgan fingerprint density at radius 2 is 1.81 bits per heavy atom. The van der Waals surface area contributed by atoms with E-state index in [-0.39, 0.29) is 24.4 Å². The normalized spacial score (nSPS) is 17.5. The molecule has 0 unspecified atom stereocenters. The van der Waals surface area contributed by atoms with Crippen molar-refractivity contribution in [1.29, 1.82) is 0 Å². The Bertz CT molecular complexity index is 773. The molecule has 2 amide bonds. The molecule has 0 aliphatic carbocycles. The second-order valence-corrected chi connectivity index (χ2v) is 6.86. The van der Waals surface area contributed by atoms with Gasteiger partial charge in [-0.15, -0.1) is 0 Å². The van der Waals surface area contributed by atoms with Crippen LogP contribution in [0, 0.1) is 0 Å². The Morgan fingerprint density at radius 3 is 2.50 bits per heavy atom. The molecule has 1 fully saturated rings. The first-order valence-corrected chi connectivity index (χ1v) is 9.33. The van der Waals surface area contributed by atoms with E-state index in [1.165, 1.54) is 0 Å². The Balaban J connectivity index is 1.86. The Morgan fingerprint density at radius 1 is 1.08 bits per heavy atom. The van der Waals surface area contributed by atoms with Crippen LogP contribution in [0.3, 0.4) is 0 Å². The predicted molar refractivity (Wildman–Crippen MR) is 105 cm³/mol. The van der Waals surface area contributed by atoms with Gasteiger partial charge in [0.15, 0.2) is 0 Å². The lowest BCUT2D eigenvalue weighted by atomic mass is 10.0. The fourth-order valence-electron chi connectivity index (χ4n) is 3.56. The van der Waals surface area contributed by atoms with Crippen LogP contribution >= 0.6 is 0 Å². The maximum Gasteiger partial charge on any atom is 0.246 e. The van der Waals surface area contributed by atoms with Crippen LogP contribution in [-0.2, 0) is 9.59 Å². The number of rotatable bonds is 5. The van der Waals surface area contributed by atoms with Gasteiger partial charge in [-0.3, -0.25) is 9.59 Å². The summed E-state index contributed by atoms with van der Waals surface area (Å²) in [5.74, 6) is -0.0321. The SMILES string of the molecule is CCCC[C@H]1CN(c2cccc(-c3ccccc3)c2)C(=O)CN1C(C)=O. The first kappa shape index (κ1) is 18.2. The molecule has 1 aliphatic rings. The maximum atomic E-state index is 12.7. The van der Waals surface area contributed by atoms with Crippen molar-refractivity contribution in [2.45, 2.75) is 39.2 Å². The van der Waals surface area contributed by atoms with E-state index < -0.39 is 0 Å². The van der Waals surface area contributed by atoms with Crippen molar-refractivity contribution in [3.8, 4) is 11.1 Å². The third-order valence-corrected chi connectivity index (χ3v) is 5.00. The zero-order chi connectivity index (χ0) is 18.5. The molecular formula is C22H26N2O2. The van der Waals surface area contributed by atoms with Crippen molar-refractivity contribution in [3.05, 3.63) is 54.6 Å². The van der Waals surface area contributed by atoms with Crippen molar-refractivity contribution in [2.24, 2.45) is 0 Å². The van der Waals surface area contributed by atoms with E-state index in [2.05, 4.69) is 31.2 Å². The summed E-state index contributed by atoms with van der Waals surface area (Å²) < 4.78 is 0. The number of hydrogen-bond acceptors (Lipinski definition) is 2. The summed E-state index contributed by atoms with van der Waals surface area (Å²) in [5.41, 5.74) is 3.13. The molecule has 136 valence electrons. The molecule has 4 heteroatoms. The smallest absolute Gasteiger partial charge is 0.246 e. The van der Waals surface area contributed by atoms with Gasteiger partial charge in [0.1, 0.15) is 6.54 Å². The van der Waals surface area contributed by atoms with Gasteiger partial charge in [0, 0.05) is 19.2 Å². The molecule has 1 aliphatic heterocycles. The van der Waals surface area contributed by atoms with Gasteiger partial charge in [0.25, 0.3) is 0 Å². The molecule has 0 spiro atoms. The maximum absolute atomic E-state index is 12.7. The van der Waals surface area contributed by atoms with E-state index in [0.29, 0.717) is 6.54 Å². The Hall–Kier alpha value is -2.62. The lowest BCUT2D eigenvalue weighted by Crippen LogP contribution is -2.57. The molecule has 2 aromatic carbocycles. The highest BCUT2D eigenvalue weighted by molar-refractivity contribution is 5.98. The number of piperazine rings is 1. The summed E-state index contributed by atoms with van der Waals surface area (Å²) in [5, 5.41) is 0. The van der Waals surface area contributed by atoms with Crippen LogP contribution in [0.2, 0.25) is 0 Å². The van der Waals surface area contributed by atoms with Crippen LogP contribution in [0.1, 0.15) is 33.1 Å². The summed E-state index contributed by atoms with van der Waals surface area (Å²) >= 11 is 0. The molecular weight excluding hydrogens is 324 g/mol. The average Bonchev–Trinajstić information content (AvgIpc) is 2.67. The highest BCUT2D eigenvalue weighted by atomic mass is 16.2. The second-order valence-electron chi connectivity index (χ2n) is 6.86. The molecule has 0 aromatic heterocycles. The largest absolute Gasteiger partial charge is 0.329 e. The van der Waals surface area contributed by atoms with Crippen LogP contribution in [-0.4, -0.2) is 35.8 Å². The van der Waals surface area contributed by atoms with E-state index >= 15 is 0 Å². The minimum atomic E-state index is -0.0165. The lowest BCUT2D eigenvalue weighted by Gasteiger charge is -2.40. The Kier molecular flexibility index (Phi) is 5.71. The molecule has 26 heavy (non-hydrogen) atoms. The van der Waals surface area contributed by atoms with Gasteiger partial charge in [0.05, 0.1) is 6.04 Å². The van der Waals surface area contributed by atoms with Crippen molar-refractivity contribution in [2.75, 3.05) is 18.0 Å². The summed E-state index contributed by atoms with van der Waals surface area (Å²) in [6, 6.07) is 18.3. The van der Waals surface area contributed by atoms with Crippen LogP contribution in [0.4, 0.5) is 5.69 Å². The summed E-state index contributed by atoms with van der Waals surface area (Å²) in [7, 11) is 0. The van der Waals surface area contributed by atoms with Crippen LogP contribution in [0.15, 0.2) is 54.6 Å². The average molecular weight is 350 g/mol. The number of anilines is 1. The zero-order valence-corrected chi connectivity index (χ0v) is 15.5. The van der Waals surface area contributed by atoms with Gasteiger partial charge >= 0.3 is 0 Å². The number of hydrogen-bond donors (Lipinski definition) is 0. The van der Waals surface area contributed by atoms with Crippen LogP contribution < -0.4 is 4.90 Å². The van der Waals surface area contributed by atoms with Crippen molar-refractivity contribution in [1.82, 2.24) is 4.90 Å². The van der Waals surface area contributed by atoms with E-state index in [0.717, 1.165) is 36.1 Å². The topological polar surface area (TPSA) is 40.6 Å². The lowest BCUT2D eigenvalue weighted by molar-refractivity contribution is -0.138. The number of carbonyl (C=O) groups excluding carboxylic acids is 2. The molecule has 3 rings (SSSR count). The molecule has 1 saturated heterocycles. The first-order valence-electron chi connectivity index (χ1n) is 9.33. The molecule has 0 saturated carbocycles. The van der Waals surface area contributed by atoms with Gasteiger partial charge in [-0.2, -0.15) is 0 Å². The zero-order valence-electron chi connectivity index (χ0n) is 15.5. The molecule has 2 aromatic rings. The van der Waals surface area contributed by atoms with Crippen LogP contribution in [0.25, 0.3) is 11.1 Å². The fraction of sp³-hybridized carbons (Fsp3) is 0.364. The summed E-state index contributed by atoms with van der Waals surface area (Å²) in [6.07, 6.45) is 3.07. The van der Waals surface area contributed by atoms with Gasteiger partial charge in [0.2, 0.25) is 11.8 Å². The fourth-order valence-corrected chi connectivity index (χ4v) is 3.56. The minimum absolute atomic E-state index is 0.0156. The molecule has 1 heterocycles. The van der Waals surface area contributed by atoms with Gasteiger partial charge in [-0.25, -0.2) is 0 Å². The van der Waals surface area contributed by atoms with E-state index in [1.807, 2.05) is 35.2 Å². The minimum Gasteiger partial charge on any atom is -0.329 e. The number of unbranched alkanes of at least 4 members (excludes halogenated alkanes) is 1. The highest BCUT2D eigenvalue weighted by Crippen LogP contribution is 2.27. The molecule has 1 atom stereocenters. The van der Waals surface area contributed by atoms with E-state index in [4.69, 9.17) is 0 Å². The van der Waals surface area contributed by atoms with Gasteiger partial charge in [-0.1, -0.05) is 62.2 Å². The summed E-state index contributed by atoms with van der Waals surface area (Å²) in [6.45, 7) is 4.43. The third-order valence-electron chi connectivity index (χ3n) is 5.00. The number of amides is 2. The number of nitrogens with zero attached hydrogens (tertiary/aromatic N) is 2. The van der Waals surface area contributed by atoms with E-state index in [1.54, 1.807) is 11.8 Å². The molecule has 0 radical (unpaired) electrons. The van der Waals surface area contributed by atoms with Gasteiger partial charge in [-0.05, 0) is 29.7 Å². The summed E-state index contributed by atoms with van der Waals surface area (Å²) in [4.78, 5) is 28.2. The molecule has 4 nitrogen and oxygen atoms in total. The predicted octanol–water partition coefficient (Wildman–Crippen LogP) is 4.11. The molecule has 0 bridgehead atoms. The number of benzene rings is 2. The number of carbonyl (C=O) groups is 2. The van der Waals surface area contributed by atoms with Gasteiger partial charge < -0.3 is 9.80 Å². The quantitative estimate of drug-likeness (QED) is 0.814. The molecule has 0 N–H and O–H groups in total. The standard InChI is InChI=1S/C22H26N2O2/c1-3-4-12-21-15-24(22(26)16-23(21)17(2)25)20-13-8-11-19(14-20)18-9-6-5-7-10-18/h5-11,13-14,21H,3-4,12,15-16H2,1-2H3/t21-/m0/s1. The first-order chi connectivity index (χ1) is 12.6. The van der Waals surface area contributed by atoms with Crippen LogP contribution in [0.5, 0.6) is 0 Å². The Labute approximate surface area is 155 Å². The monoisotopic (exact) mass is 350 g/mol. The third kappa shape index (κ3) is 3.96. The van der Waals surface area contributed by atoms with E-state index in [9.17, 15) is 9.59 Å². The van der Waals surface area contributed by atoms with Crippen molar-refractivity contribution in [3.63, 3.8) is 0 Å². The van der Waals surface area contributed by atoms with Crippen molar-refractivity contribution < 1.29 is 9.59 Å². The highest BCUT2D eigenvalue weighted by Gasteiger charge is 2.33.